The zero-order chi connectivity index (χ0) is 15.8. The molecule has 0 bridgehead atoms. The summed E-state index contributed by atoms with van der Waals surface area (Å²) in [7, 11) is 0. The van der Waals surface area contributed by atoms with Gasteiger partial charge in [-0.15, -0.1) is 0 Å². The molecule has 2 atom stereocenters. The Kier molecular flexibility index (Phi) is 7.54. The predicted molar refractivity (Wildman–Crippen MR) is 81.0 cm³/mol. The first-order chi connectivity index (χ1) is 9.95. The number of amides is 1. The van der Waals surface area contributed by atoms with Crippen molar-refractivity contribution < 1.29 is 19.1 Å². The van der Waals surface area contributed by atoms with Crippen LogP contribution in [0.15, 0.2) is 0 Å². The van der Waals surface area contributed by atoms with Gasteiger partial charge in [0.15, 0.2) is 0 Å². The quantitative estimate of drug-likeness (QED) is 0.706. The Morgan fingerprint density at radius 1 is 1.24 bits per heavy atom. The van der Waals surface area contributed by atoms with E-state index in [1.54, 1.807) is 4.90 Å². The second-order valence-corrected chi connectivity index (χ2v) is 6.04. The zero-order valence-corrected chi connectivity index (χ0v) is 13.8. The van der Waals surface area contributed by atoms with E-state index in [0.717, 1.165) is 32.2 Å². The van der Waals surface area contributed by atoms with Crippen LogP contribution in [0.1, 0.15) is 59.8 Å². The summed E-state index contributed by atoms with van der Waals surface area (Å²) in [5.74, 6) is -0.206. The van der Waals surface area contributed by atoms with Crippen molar-refractivity contribution in [2.24, 2.45) is 5.92 Å². The Labute approximate surface area is 128 Å². The molecule has 1 rings (SSSR count). The molecule has 1 amide bonds. The number of esters is 1. The molecule has 1 heterocycles. The molecule has 1 saturated heterocycles. The van der Waals surface area contributed by atoms with Crippen molar-refractivity contribution in [1.29, 1.82) is 0 Å². The first-order valence-electron chi connectivity index (χ1n) is 8.09. The lowest BCUT2D eigenvalue weighted by atomic mass is 10.0. The highest BCUT2D eigenvalue weighted by Gasteiger charge is 2.28. The van der Waals surface area contributed by atoms with Crippen LogP contribution in [0.2, 0.25) is 0 Å². The number of hydrogen-bond donors (Lipinski definition) is 0. The van der Waals surface area contributed by atoms with E-state index in [-0.39, 0.29) is 30.1 Å². The van der Waals surface area contributed by atoms with E-state index in [1.165, 1.54) is 0 Å². The summed E-state index contributed by atoms with van der Waals surface area (Å²) in [6.07, 6.45) is 4.19. The van der Waals surface area contributed by atoms with Crippen molar-refractivity contribution in [3.8, 4) is 0 Å². The molecule has 0 aliphatic carbocycles. The smallest absolute Gasteiger partial charge is 0.410 e. The molecule has 122 valence electrons. The summed E-state index contributed by atoms with van der Waals surface area (Å²) < 4.78 is 10.6. The average Bonchev–Trinajstić information content (AvgIpc) is 2.46. The standard InChI is InChI=1S/C16H29NO4/c1-5-13(4)15(18)20-11-9-14-8-6-7-10-17(14)16(19)21-12(2)3/h12-14H,5-11H2,1-4H3. The summed E-state index contributed by atoms with van der Waals surface area (Å²) in [5, 5.41) is 0. The minimum Gasteiger partial charge on any atom is -0.465 e. The van der Waals surface area contributed by atoms with Crippen LogP contribution < -0.4 is 0 Å². The number of nitrogens with zero attached hydrogens (tertiary/aromatic N) is 1. The molecule has 2 unspecified atom stereocenters. The lowest BCUT2D eigenvalue weighted by Gasteiger charge is -2.35. The van der Waals surface area contributed by atoms with Crippen molar-refractivity contribution >= 4 is 12.1 Å². The van der Waals surface area contributed by atoms with E-state index in [4.69, 9.17) is 9.47 Å². The van der Waals surface area contributed by atoms with Crippen LogP contribution in [0, 0.1) is 5.92 Å². The van der Waals surface area contributed by atoms with Gasteiger partial charge in [0.1, 0.15) is 0 Å². The minimum atomic E-state index is -0.247. The van der Waals surface area contributed by atoms with E-state index in [2.05, 4.69) is 0 Å². The molecule has 21 heavy (non-hydrogen) atoms. The van der Waals surface area contributed by atoms with Gasteiger partial charge in [-0.1, -0.05) is 13.8 Å². The predicted octanol–water partition coefficient (Wildman–Crippen LogP) is 3.37. The highest BCUT2D eigenvalue weighted by Crippen LogP contribution is 2.21. The molecule has 5 heteroatoms. The maximum atomic E-state index is 12.1. The minimum absolute atomic E-state index is 0.0571. The Morgan fingerprint density at radius 3 is 2.57 bits per heavy atom. The van der Waals surface area contributed by atoms with E-state index >= 15 is 0 Å². The Balaban J connectivity index is 2.43. The maximum Gasteiger partial charge on any atom is 0.410 e. The Hall–Kier alpha value is -1.26. The topological polar surface area (TPSA) is 55.8 Å². The lowest BCUT2D eigenvalue weighted by Crippen LogP contribution is -2.45. The Bertz CT molecular complexity index is 343. The largest absolute Gasteiger partial charge is 0.465 e. The average molecular weight is 299 g/mol. The van der Waals surface area contributed by atoms with E-state index in [9.17, 15) is 9.59 Å². The summed E-state index contributed by atoms with van der Waals surface area (Å²) >= 11 is 0. The van der Waals surface area contributed by atoms with Gasteiger partial charge in [0, 0.05) is 19.0 Å². The molecule has 1 aliphatic rings. The third-order valence-electron chi connectivity index (χ3n) is 3.91. The normalized spacial score (nSPS) is 20.2. The monoisotopic (exact) mass is 299 g/mol. The molecule has 0 aromatic heterocycles. The number of likely N-dealkylation sites (tertiary alicyclic amines) is 1. The van der Waals surface area contributed by atoms with Gasteiger partial charge in [-0.3, -0.25) is 4.79 Å². The van der Waals surface area contributed by atoms with Gasteiger partial charge in [0.05, 0.1) is 18.6 Å². The fourth-order valence-electron chi connectivity index (χ4n) is 2.41. The van der Waals surface area contributed by atoms with Gasteiger partial charge in [-0.05, 0) is 39.5 Å². The third kappa shape index (κ3) is 5.94. The highest BCUT2D eigenvalue weighted by molar-refractivity contribution is 5.71. The van der Waals surface area contributed by atoms with Crippen LogP contribution in [-0.2, 0) is 14.3 Å². The first kappa shape index (κ1) is 17.8. The zero-order valence-electron chi connectivity index (χ0n) is 13.8. The van der Waals surface area contributed by atoms with Crippen LogP contribution in [0.5, 0.6) is 0 Å². The third-order valence-corrected chi connectivity index (χ3v) is 3.91. The molecule has 0 aromatic rings. The van der Waals surface area contributed by atoms with E-state index in [1.807, 2.05) is 27.7 Å². The van der Waals surface area contributed by atoms with Crippen LogP contribution >= 0.6 is 0 Å². The number of piperidine rings is 1. The molecule has 0 radical (unpaired) electrons. The number of hydrogen-bond acceptors (Lipinski definition) is 4. The SMILES string of the molecule is CCC(C)C(=O)OCCC1CCCCN1C(=O)OC(C)C. The Morgan fingerprint density at radius 2 is 1.95 bits per heavy atom. The second-order valence-electron chi connectivity index (χ2n) is 6.04. The van der Waals surface area contributed by atoms with Crippen molar-refractivity contribution in [3.05, 3.63) is 0 Å². The number of carbonyl (C=O) groups excluding carboxylic acids is 2. The lowest BCUT2D eigenvalue weighted by molar-refractivity contribution is -0.148. The number of ether oxygens (including phenoxy) is 2. The summed E-state index contributed by atoms with van der Waals surface area (Å²) in [6.45, 7) is 8.65. The molecule has 0 aromatic carbocycles. The highest BCUT2D eigenvalue weighted by atomic mass is 16.6. The molecular formula is C16H29NO4. The van der Waals surface area contributed by atoms with Gasteiger partial charge < -0.3 is 14.4 Å². The van der Waals surface area contributed by atoms with E-state index < -0.39 is 0 Å². The second kappa shape index (κ2) is 8.90. The maximum absolute atomic E-state index is 12.1. The van der Waals surface area contributed by atoms with Gasteiger partial charge >= 0.3 is 12.1 Å². The molecule has 0 N–H and O–H groups in total. The summed E-state index contributed by atoms with van der Waals surface area (Å²) in [6, 6.07) is 0.120. The van der Waals surface area contributed by atoms with Gasteiger partial charge in [0.25, 0.3) is 0 Å². The van der Waals surface area contributed by atoms with Gasteiger partial charge in [-0.25, -0.2) is 4.79 Å². The van der Waals surface area contributed by atoms with Crippen molar-refractivity contribution in [2.45, 2.75) is 71.9 Å². The van der Waals surface area contributed by atoms with Crippen molar-refractivity contribution in [2.75, 3.05) is 13.2 Å². The number of rotatable bonds is 6. The van der Waals surface area contributed by atoms with Crippen LogP contribution in [-0.4, -0.2) is 42.3 Å². The van der Waals surface area contributed by atoms with Crippen LogP contribution in [0.3, 0.4) is 0 Å². The van der Waals surface area contributed by atoms with Crippen molar-refractivity contribution in [1.82, 2.24) is 4.90 Å². The fourth-order valence-corrected chi connectivity index (χ4v) is 2.41. The first-order valence-corrected chi connectivity index (χ1v) is 8.09. The molecule has 1 fully saturated rings. The van der Waals surface area contributed by atoms with E-state index in [0.29, 0.717) is 13.0 Å². The molecule has 1 aliphatic heterocycles. The van der Waals surface area contributed by atoms with Gasteiger partial charge in [-0.2, -0.15) is 0 Å². The molecular weight excluding hydrogens is 270 g/mol. The molecule has 5 nitrogen and oxygen atoms in total. The van der Waals surface area contributed by atoms with Crippen LogP contribution in [0.25, 0.3) is 0 Å². The van der Waals surface area contributed by atoms with Crippen molar-refractivity contribution in [3.63, 3.8) is 0 Å². The molecule has 0 saturated carbocycles. The fraction of sp³-hybridized carbons (Fsp3) is 0.875. The molecule has 0 spiro atoms. The van der Waals surface area contributed by atoms with Gasteiger partial charge in [0.2, 0.25) is 0 Å². The summed E-state index contributed by atoms with van der Waals surface area (Å²) in [5.41, 5.74) is 0. The number of carbonyl (C=O) groups is 2. The summed E-state index contributed by atoms with van der Waals surface area (Å²) in [4.78, 5) is 25.5. The van der Waals surface area contributed by atoms with Crippen LogP contribution in [0.4, 0.5) is 4.79 Å².